The number of benzene rings is 1. The minimum absolute atomic E-state index is 0.0656. The highest BCUT2D eigenvalue weighted by molar-refractivity contribution is 8.00. The molecule has 11 nitrogen and oxygen atoms in total. The Hall–Kier alpha value is -3.54. The zero-order chi connectivity index (χ0) is 26.8. The molecule has 2 N–H and O–H groups in total. The number of ether oxygens (including phenoxy) is 3. The van der Waals surface area contributed by atoms with Gasteiger partial charge in [-0.05, 0) is 37.5 Å². The molecule has 0 radical (unpaired) electrons. The number of allylic oxidation sites excluding steroid dienone is 1. The fourth-order valence-corrected chi connectivity index (χ4v) is 4.48. The number of thioether (sulfide) groups is 1. The molecule has 0 spiro atoms. The molecule has 1 fully saturated rings. The fourth-order valence-electron chi connectivity index (χ4n) is 3.21. The Morgan fingerprint density at radius 1 is 1.22 bits per heavy atom. The van der Waals surface area contributed by atoms with E-state index in [2.05, 4.69) is 5.32 Å². The first-order valence-corrected chi connectivity index (χ1v) is 12.2. The lowest BCUT2D eigenvalue weighted by Gasteiger charge is -2.46. The molecule has 0 saturated carbocycles. The number of carbonyl (C=O) groups excluding carboxylic acids is 4. The van der Waals surface area contributed by atoms with Crippen LogP contribution in [0.3, 0.4) is 0 Å². The maximum atomic E-state index is 12.8. The monoisotopic (exact) mass is 522 g/mol. The molecule has 1 aliphatic heterocycles. The molecule has 1 aliphatic rings. The highest BCUT2D eigenvalue weighted by Gasteiger charge is 2.51. The second kappa shape index (κ2) is 13.5. The number of nitrogens with zero attached hydrogens (tertiary/aromatic N) is 1. The standard InChI is InChI=1S/C24H30N2O9S/c1-14(2)11-34-19(29)8-9-36-23-20(22(30)26(23)21(15(3)4)24(31)32)25-18(28)12-33-16-6-5-7-17(10-16)35-13-27/h5-7,10,13-14,20,23H,8-9,11-12H2,1-4H3,(H,25,28)(H,31,32). The van der Waals surface area contributed by atoms with Crippen LogP contribution >= 0.6 is 11.8 Å². The van der Waals surface area contributed by atoms with Crippen molar-refractivity contribution in [3.63, 3.8) is 0 Å². The fraction of sp³-hybridized carbons (Fsp3) is 0.458. The molecule has 0 bridgehead atoms. The molecule has 2 amide bonds. The van der Waals surface area contributed by atoms with Crippen LogP contribution in [0.2, 0.25) is 0 Å². The molecule has 0 aliphatic carbocycles. The zero-order valence-corrected chi connectivity index (χ0v) is 21.3. The van der Waals surface area contributed by atoms with Gasteiger partial charge >= 0.3 is 11.9 Å². The van der Waals surface area contributed by atoms with E-state index in [0.29, 0.717) is 12.2 Å². The first kappa shape index (κ1) is 28.7. The Balaban J connectivity index is 2.04. The highest BCUT2D eigenvalue weighted by atomic mass is 32.2. The van der Waals surface area contributed by atoms with Crippen molar-refractivity contribution in [2.45, 2.75) is 45.5 Å². The number of rotatable bonds is 14. The van der Waals surface area contributed by atoms with Gasteiger partial charge in [0.05, 0.1) is 13.0 Å². The SMILES string of the molecule is CC(C)=C(C(=O)O)N1C(=O)C(NC(=O)COc2cccc(OC=O)c2)C1SCCC(=O)OCC(C)C. The lowest BCUT2D eigenvalue weighted by atomic mass is 10.0. The van der Waals surface area contributed by atoms with Gasteiger partial charge in [0.1, 0.15) is 28.6 Å². The summed E-state index contributed by atoms with van der Waals surface area (Å²) in [5, 5.41) is 11.5. The minimum atomic E-state index is -1.27. The highest BCUT2D eigenvalue weighted by Crippen LogP contribution is 2.35. The van der Waals surface area contributed by atoms with Gasteiger partial charge in [-0.15, -0.1) is 11.8 Å². The molecule has 1 aromatic carbocycles. The van der Waals surface area contributed by atoms with E-state index in [1.165, 1.54) is 23.9 Å². The number of nitrogens with one attached hydrogen (secondary N) is 1. The molecular weight excluding hydrogens is 492 g/mol. The third-order valence-corrected chi connectivity index (χ3v) is 6.07. The smallest absolute Gasteiger partial charge is 0.352 e. The van der Waals surface area contributed by atoms with E-state index in [0.717, 1.165) is 4.90 Å². The minimum Gasteiger partial charge on any atom is -0.484 e. The van der Waals surface area contributed by atoms with E-state index in [1.807, 2.05) is 13.8 Å². The van der Waals surface area contributed by atoms with Crippen LogP contribution in [0.1, 0.15) is 34.1 Å². The van der Waals surface area contributed by atoms with Gasteiger partial charge in [-0.1, -0.05) is 19.9 Å². The summed E-state index contributed by atoms with van der Waals surface area (Å²) in [6, 6.07) is 5.09. The summed E-state index contributed by atoms with van der Waals surface area (Å²) in [5.74, 6) is -1.89. The number of carbonyl (C=O) groups is 5. The molecule has 36 heavy (non-hydrogen) atoms. The lowest BCUT2D eigenvalue weighted by Crippen LogP contribution is -2.69. The van der Waals surface area contributed by atoms with Crippen molar-refractivity contribution >= 4 is 42.0 Å². The zero-order valence-electron chi connectivity index (χ0n) is 20.5. The van der Waals surface area contributed by atoms with Crippen molar-refractivity contribution in [3.05, 3.63) is 35.5 Å². The van der Waals surface area contributed by atoms with Gasteiger partial charge in [0.2, 0.25) is 0 Å². The number of amides is 2. The predicted octanol–water partition coefficient (Wildman–Crippen LogP) is 1.95. The number of aliphatic carboxylic acids is 1. The van der Waals surface area contributed by atoms with Gasteiger partial charge in [-0.3, -0.25) is 24.1 Å². The van der Waals surface area contributed by atoms with Crippen LogP contribution in [0, 0.1) is 5.92 Å². The number of carboxylic acids is 1. The molecule has 2 unspecified atom stereocenters. The van der Waals surface area contributed by atoms with Crippen molar-refractivity contribution in [2.75, 3.05) is 19.0 Å². The van der Waals surface area contributed by atoms with Gasteiger partial charge in [-0.2, -0.15) is 0 Å². The summed E-state index contributed by atoms with van der Waals surface area (Å²) in [4.78, 5) is 60.7. The van der Waals surface area contributed by atoms with E-state index < -0.39 is 41.8 Å². The van der Waals surface area contributed by atoms with E-state index in [-0.39, 0.29) is 41.8 Å². The number of β-lactam (4-membered cyclic amide) rings is 1. The Bertz CT molecular complexity index is 1020. The molecule has 2 rings (SSSR count). The summed E-state index contributed by atoms with van der Waals surface area (Å²) >= 11 is 1.17. The first-order valence-electron chi connectivity index (χ1n) is 11.2. The molecule has 1 heterocycles. The third-order valence-electron chi connectivity index (χ3n) is 4.81. The van der Waals surface area contributed by atoms with Crippen LogP contribution in [0.5, 0.6) is 11.5 Å². The molecule has 1 aromatic rings. The van der Waals surface area contributed by atoms with Crippen molar-refractivity contribution in [2.24, 2.45) is 5.92 Å². The number of hydrogen-bond donors (Lipinski definition) is 2. The third kappa shape index (κ3) is 8.01. The van der Waals surface area contributed by atoms with E-state index in [4.69, 9.17) is 14.2 Å². The summed E-state index contributed by atoms with van der Waals surface area (Å²) in [6.45, 7) is 7.11. The molecular formula is C24H30N2O9S. The summed E-state index contributed by atoms with van der Waals surface area (Å²) in [5.41, 5.74) is 0.247. The van der Waals surface area contributed by atoms with Crippen LogP contribution in [0.25, 0.3) is 0 Å². The van der Waals surface area contributed by atoms with Gasteiger partial charge < -0.3 is 24.6 Å². The number of likely N-dealkylation sites (tertiary alicyclic amines) is 1. The number of carboxylic acid groups (broad SMARTS) is 1. The van der Waals surface area contributed by atoms with Crippen molar-refractivity contribution in [1.82, 2.24) is 10.2 Å². The summed E-state index contributed by atoms with van der Waals surface area (Å²) < 4.78 is 15.3. The Labute approximate surface area is 213 Å². The quantitative estimate of drug-likeness (QED) is 0.161. The van der Waals surface area contributed by atoms with Crippen LogP contribution < -0.4 is 14.8 Å². The number of esters is 1. The van der Waals surface area contributed by atoms with E-state index in [1.54, 1.807) is 26.0 Å². The van der Waals surface area contributed by atoms with Gasteiger partial charge in [-0.25, -0.2) is 4.79 Å². The predicted molar refractivity (Wildman–Crippen MR) is 130 cm³/mol. The Morgan fingerprint density at radius 3 is 2.53 bits per heavy atom. The summed E-state index contributed by atoms with van der Waals surface area (Å²) in [7, 11) is 0. The average molecular weight is 523 g/mol. The van der Waals surface area contributed by atoms with Gasteiger partial charge in [0.25, 0.3) is 18.3 Å². The second-order valence-electron chi connectivity index (χ2n) is 8.47. The molecule has 2 atom stereocenters. The normalized spacial score (nSPS) is 16.6. The summed E-state index contributed by atoms with van der Waals surface area (Å²) in [6.07, 6.45) is 0.0656. The van der Waals surface area contributed by atoms with Crippen molar-refractivity contribution in [1.29, 1.82) is 0 Å². The second-order valence-corrected chi connectivity index (χ2v) is 9.70. The molecule has 196 valence electrons. The van der Waals surface area contributed by atoms with E-state index >= 15 is 0 Å². The molecule has 12 heteroatoms. The largest absolute Gasteiger partial charge is 0.484 e. The Morgan fingerprint density at radius 2 is 1.92 bits per heavy atom. The van der Waals surface area contributed by atoms with Crippen LogP contribution in [0.4, 0.5) is 0 Å². The Kier molecular flexibility index (Phi) is 10.8. The molecule has 0 aromatic heterocycles. The van der Waals surface area contributed by atoms with Crippen LogP contribution in [-0.4, -0.2) is 70.6 Å². The van der Waals surface area contributed by atoms with Crippen molar-refractivity contribution in [3.8, 4) is 11.5 Å². The maximum absolute atomic E-state index is 12.8. The van der Waals surface area contributed by atoms with E-state index in [9.17, 15) is 29.1 Å². The topological polar surface area (TPSA) is 149 Å². The molecule has 1 saturated heterocycles. The van der Waals surface area contributed by atoms with Crippen LogP contribution in [0.15, 0.2) is 35.5 Å². The first-order chi connectivity index (χ1) is 17.0. The van der Waals surface area contributed by atoms with Crippen LogP contribution in [-0.2, 0) is 28.7 Å². The maximum Gasteiger partial charge on any atom is 0.352 e. The average Bonchev–Trinajstić information content (AvgIpc) is 2.81. The van der Waals surface area contributed by atoms with Gasteiger partial charge in [0.15, 0.2) is 6.61 Å². The lowest BCUT2D eigenvalue weighted by molar-refractivity contribution is -0.150. The van der Waals surface area contributed by atoms with Gasteiger partial charge in [0, 0.05) is 11.8 Å². The van der Waals surface area contributed by atoms with Crippen molar-refractivity contribution < 1.29 is 43.3 Å². The number of hydrogen-bond acceptors (Lipinski definition) is 9.